The molecule has 0 amide bonds. The molecule has 2 atom stereocenters. The van der Waals surface area contributed by atoms with Crippen LogP contribution in [0.15, 0.2) is 121 Å². The maximum absolute atomic E-state index is 2.47. The van der Waals surface area contributed by atoms with Crippen molar-refractivity contribution < 1.29 is 0 Å². The van der Waals surface area contributed by atoms with Crippen LogP contribution in [-0.2, 0) is 0 Å². The molecule has 2 unspecified atom stereocenters. The third-order valence-electron chi connectivity index (χ3n) is 6.18. The fourth-order valence-corrected chi connectivity index (χ4v) is 9.53. The molecule has 0 fully saturated rings. The largest absolute Gasteiger partial charge is 0.0622 e. The number of hydrogen-bond donors (Lipinski definition) is 0. The van der Waals surface area contributed by atoms with Gasteiger partial charge in [0.05, 0.1) is 0 Å². The Kier molecular flexibility index (Phi) is 8.28. The summed E-state index contributed by atoms with van der Waals surface area (Å²) in [6.07, 6.45) is 2.47. The Morgan fingerprint density at radius 3 is 0.844 bits per heavy atom. The minimum atomic E-state index is -0.349. The first kappa shape index (κ1) is 22.9. The van der Waals surface area contributed by atoms with E-state index in [-0.39, 0.29) is 15.8 Å². The molecule has 4 aromatic rings. The Hall–Kier alpha value is -2.26. The van der Waals surface area contributed by atoms with E-state index >= 15 is 0 Å². The highest BCUT2D eigenvalue weighted by Crippen LogP contribution is 2.42. The predicted octanol–water partition coefficient (Wildman–Crippen LogP) is 6.52. The molecule has 0 nitrogen and oxygen atoms in total. The third-order valence-corrected chi connectivity index (χ3v) is 11.8. The van der Waals surface area contributed by atoms with Crippen molar-refractivity contribution in [3.8, 4) is 0 Å². The molecule has 0 saturated heterocycles. The first-order valence-corrected chi connectivity index (χ1v) is 14.5. The molecule has 0 spiro atoms. The van der Waals surface area contributed by atoms with Gasteiger partial charge >= 0.3 is 0 Å². The zero-order valence-electron chi connectivity index (χ0n) is 19.0. The summed E-state index contributed by atoms with van der Waals surface area (Å²) in [4.78, 5) is 0. The highest BCUT2D eigenvalue weighted by Gasteiger charge is 2.24. The molecule has 0 N–H and O–H groups in total. The van der Waals surface area contributed by atoms with Gasteiger partial charge < -0.3 is 0 Å². The van der Waals surface area contributed by atoms with Gasteiger partial charge in [-0.3, -0.25) is 0 Å². The Morgan fingerprint density at radius 1 is 0.406 bits per heavy atom. The third kappa shape index (κ3) is 5.95. The number of rotatable bonds is 9. The second-order valence-electron chi connectivity index (χ2n) is 8.52. The lowest BCUT2D eigenvalue weighted by atomic mass is 10.0. The van der Waals surface area contributed by atoms with E-state index in [2.05, 4.69) is 135 Å². The van der Waals surface area contributed by atoms with E-state index < -0.39 is 0 Å². The molecule has 2 heteroatoms. The summed E-state index contributed by atoms with van der Waals surface area (Å²) < 4.78 is 0. The summed E-state index contributed by atoms with van der Waals surface area (Å²) in [5.74, 6) is 1.30. The van der Waals surface area contributed by atoms with Crippen molar-refractivity contribution in [2.75, 3.05) is 12.3 Å². The zero-order valence-corrected chi connectivity index (χ0v) is 20.8. The Balaban J connectivity index is 1.55. The van der Waals surface area contributed by atoms with Crippen LogP contribution in [-0.4, -0.2) is 12.3 Å². The Bertz CT molecular complexity index is 881. The average molecular weight is 455 g/mol. The van der Waals surface area contributed by atoms with Gasteiger partial charge in [0, 0.05) is 0 Å². The van der Waals surface area contributed by atoms with Gasteiger partial charge in [-0.1, -0.05) is 135 Å². The fourth-order valence-electron chi connectivity index (χ4n) is 4.09. The molecular weight excluding hydrogens is 422 g/mol. The maximum Gasteiger partial charge on any atom is -0.0195 e. The molecule has 162 valence electrons. The molecule has 0 radical (unpaired) electrons. The maximum atomic E-state index is 2.47. The van der Waals surface area contributed by atoms with Gasteiger partial charge in [0.2, 0.25) is 0 Å². The Labute approximate surface area is 196 Å². The second kappa shape index (κ2) is 11.6. The second-order valence-corrected chi connectivity index (χ2v) is 13.0. The van der Waals surface area contributed by atoms with Crippen LogP contribution in [0, 0.1) is 11.8 Å². The van der Waals surface area contributed by atoms with Crippen molar-refractivity contribution in [3.05, 3.63) is 121 Å². The summed E-state index contributed by atoms with van der Waals surface area (Å²) in [7, 11) is -0.698. The Morgan fingerprint density at radius 2 is 0.625 bits per heavy atom. The smallest absolute Gasteiger partial charge is 0.0195 e. The van der Waals surface area contributed by atoms with Gasteiger partial charge in [-0.15, -0.1) is 0 Å². The van der Waals surface area contributed by atoms with Gasteiger partial charge in [-0.25, -0.2) is 0 Å². The van der Waals surface area contributed by atoms with Crippen molar-refractivity contribution in [1.29, 1.82) is 0 Å². The van der Waals surface area contributed by atoms with Gasteiger partial charge in [0.15, 0.2) is 0 Å². The molecule has 0 saturated carbocycles. The van der Waals surface area contributed by atoms with E-state index in [1.165, 1.54) is 33.5 Å². The van der Waals surface area contributed by atoms with Crippen molar-refractivity contribution in [1.82, 2.24) is 0 Å². The normalized spacial score (nSPS) is 13.2. The minimum Gasteiger partial charge on any atom is -0.0622 e. The van der Waals surface area contributed by atoms with Crippen LogP contribution >= 0.6 is 15.8 Å². The summed E-state index contributed by atoms with van der Waals surface area (Å²) in [6, 6.07) is 44.5. The first-order chi connectivity index (χ1) is 15.7. The predicted molar refractivity (Wildman–Crippen MR) is 146 cm³/mol. The van der Waals surface area contributed by atoms with Crippen LogP contribution in [0.25, 0.3) is 0 Å². The summed E-state index contributed by atoms with van der Waals surface area (Å²) in [6.45, 7) is 4.94. The molecule has 32 heavy (non-hydrogen) atoms. The summed E-state index contributed by atoms with van der Waals surface area (Å²) in [5.41, 5.74) is 0. The van der Waals surface area contributed by atoms with Gasteiger partial charge in [-0.2, -0.15) is 0 Å². The van der Waals surface area contributed by atoms with Crippen molar-refractivity contribution in [2.24, 2.45) is 11.8 Å². The van der Waals surface area contributed by atoms with Crippen LogP contribution < -0.4 is 21.2 Å². The van der Waals surface area contributed by atoms with E-state index in [0.717, 1.165) is 0 Å². The lowest BCUT2D eigenvalue weighted by molar-refractivity contribution is 0.469. The van der Waals surface area contributed by atoms with Crippen molar-refractivity contribution in [3.63, 3.8) is 0 Å². The van der Waals surface area contributed by atoms with E-state index in [9.17, 15) is 0 Å². The van der Waals surface area contributed by atoms with Gasteiger partial charge in [-0.05, 0) is 61.2 Å². The van der Waals surface area contributed by atoms with E-state index in [1.54, 1.807) is 0 Å². The zero-order chi connectivity index (χ0) is 22.2. The molecule has 0 aromatic heterocycles. The van der Waals surface area contributed by atoms with Crippen LogP contribution in [0.4, 0.5) is 0 Å². The number of hydrogen-bond acceptors (Lipinski definition) is 0. The standard InChI is InChI=1S/C30H32P2/c1-25(23-31(27-15-7-3-8-16-27)28-17-9-4-10-18-28)26(2)24-32(29-19-11-5-12-20-29)30-21-13-6-14-22-30/h3-22,25-26H,23-24H2,1-2H3. The van der Waals surface area contributed by atoms with E-state index in [4.69, 9.17) is 0 Å². The van der Waals surface area contributed by atoms with Crippen molar-refractivity contribution in [2.45, 2.75) is 13.8 Å². The van der Waals surface area contributed by atoms with Crippen LogP contribution in [0.2, 0.25) is 0 Å². The molecule has 0 aliphatic rings. The van der Waals surface area contributed by atoms with Crippen molar-refractivity contribution >= 4 is 37.1 Å². The van der Waals surface area contributed by atoms with Gasteiger partial charge in [0.1, 0.15) is 0 Å². The number of benzene rings is 4. The molecular formula is C30H32P2. The molecule has 0 heterocycles. The molecule has 4 aromatic carbocycles. The SMILES string of the molecule is CC(CP(c1ccccc1)c1ccccc1)C(C)CP(c1ccccc1)c1ccccc1. The minimum absolute atomic E-state index is 0.349. The topological polar surface area (TPSA) is 0 Å². The highest BCUT2D eigenvalue weighted by atomic mass is 31.1. The van der Waals surface area contributed by atoms with E-state index in [1.807, 2.05) is 0 Å². The van der Waals surface area contributed by atoms with Crippen LogP contribution in [0.1, 0.15) is 13.8 Å². The highest BCUT2D eigenvalue weighted by molar-refractivity contribution is 7.73. The molecule has 4 rings (SSSR count). The van der Waals surface area contributed by atoms with E-state index in [0.29, 0.717) is 11.8 Å². The monoisotopic (exact) mass is 454 g/mol. The quantitative estimate of drug-likeness (QED) is 0.253. The van der Waals surface area contributed by atoms with Crippen LogP contribution in [0.5, 0.6) is 0 Å². The summed E-state index contributed by atoms with van der Waals surface area (Å²) in [5, 5.41) is 5.95. The molecule has 0 aliphatic carbocycles. The fraction of sp³-hybridized carbons (Fsp3) is 0.200. The molecule has 0 bridgehead atoms. The lowest BCUT2D eigenvalue weighted by Crippen LogP contribution is -2.24. The first-order valence-electron chi connectivity index (χ1n) is 11.5. The average Bonchev–Trinajstić information content (AvgIpc) is 2.87. The molecule has 0 aliphatic heterocycles. The van der Waals surface area contributed by atoms with Gasteiger partial charge in [0.25, 0.3) is 0 Å². The lowest BCUT2D eigenvalue weighted by Gasteiger charge is -2.29. The van der Waals surface area contributed by atoms with Crippen LogP contribution in [0.3, 0.4) is 0 Å². The summed E-state index contributed by atoms with van der Waals surface area (Å²) >= 11 is 0.